The monoisotopic (exact) mass is 694 g/mol. The summed E-state index contributed by atoms with van der Waals surface area (Å²) in [5, 5.41) is 20.0. The molecule has 12 aromatic carbocycles. The van der Waals surface area contributed by atoms with Crippen LogP contribution in [0.3, 0.4) is 0 Å². The van der Waals surface area contributed by atoms with Gasteiger partial charge in [-0.25, -0.2) is 0 Å². The molecule has 13 aromatic rings. The normalized spacial score (nSPS) is 12.4. The van der Waals surface area contributed by atoms with Gasteiger partial charge in [-0.15, -0.1) is 0 Å². The van der Waals surface area contributed by atoms with E-state index in [1.807, 2.05) is 0 Å². The third-order valence-corrected chi connectivity index (χ3v) is 12.3. The summed E-state index contributed by atoms with van der Waals surface area (Å²) in [6.45, 7) is 0. The summed E-state index contributed by atoms with van der Waals surface area (Å²) in [6.07, 6.45) is 0. The molecule has 0 spiro atoms. The molecule has 0 saturated carbocycles. The van der Waals surface area contributed by atoms with Crippen molar-refractivity contribution in [3.63, 3.8) is 0 Å². The molecule has 0 bridgehead atoms. The Bertz CT molecular complexity index is 3680. The molecule has 0 fully saturated rings. The first-order valence-electron chi connectivity index (χ1n) is 19.1. The van der Waals surface area contributed by atoms with E-state index in [4.69, 9.17) is 4.42 Å². The molecule has 1 aromatic heterocycles. The van der Waals surface area contributed by atoms with Crippen molar-refractivity contribution in [1.29, 1.82) is 0 Å². The lowest BCUT2D eigenvalue weighted by atomic mass is 9.85. The SMILES string of the molecule is c1ccc(-c2ccc3ccc4c(-c5cc(-c6ccc7ccc8cccc9ccc6c7c89)cc6c5oc5c7ccccc7ccc65)ccc5ccc2c3c54)cc1. The zero-order valence-electron chi connectivity index (χ0n) is 29.7. The Hall–Kier alpha value is -7.22. The Labute approximate surface area is 315 Å². The molecule has 1 heteroatoms. The third-order valence-electron chi connectivity index (χ3n) is 12.3. The summed E-state index contributed by atoms with van der Waals surface area (Å²) in [5.74, 6) is 0. The number of fused-ring (bicyclic) bond motifs is 5. The molecule has 252 valence electrons. The van der Waals surface area contributed by atoms with Crippen LogP contribution in [0.25, 0.3) is 131 Å². The summed E-state index contributed by atoms with van der Waals surface area (Å²) in [6, 6.07) is 67.4. The molecule has 0 radical (unpaired) electrons. The van der Waals surface area contributed by atoms with Crippen molar-refractivity contribution < 1.29 is 4.42 Å². The lowest BCUT2D eigenvalue weighted by Crippen LogP contribution is -1.91. The summed E-state index contributed by atoms with van der Waals surface area (Å²) in [7, 11) is 0. The highest BCUT2D eigenvalue weighted by Crippen LogP contribution is 2.48. The zero-order valence-corrected chi connectivity index (χ0v) is 29.7. The van der Waals surface area contributed by atoms with Gasteiger partial charge in [-0.3, -0.25) is 0 Å². The van der Waals surface area contributed by atoms with Crippen molar-refractivity contribution in [2.75, 3.05) is 0 Å². The van der Waals surface area contributed by atoms with E-state index in [1.54, 1.807) is 0 Å². The second-order valence-electron chi connectivity index (χ2n) is 15.1. The molecule has 0 atom stereocenters. The van der Waals surface area contributed by atoms with Crippen molar-refractivity contribution in [3.05, 3.63) is 182 Å². The molecule has 1 heterocycles. The van der Waals surface area contributed by atoms with Crippen LogP contribution in [0.1, 0.15) is 0 Å². The molecule has 55 heavy (non-hydrogen) atoms. The molecule has 0 amide bonds. The van der Waals surface area contributed by atoms with Gasteiger partial charge in [-0.2, -0.15) is 0 Å². The van der Waals surface area contributed by atoms with Crippen LogP contribution in [0.2, 0.25) is 0 Å². The van der Waals surface area contributed by atoms with Gasteiger partial charge in [0.2, 0.25) is 0 Å². The van der Waals surface area contributed by atoms with Crippen LogP contribution in [-0.4, -0.2) is 0 Å². The Morgan fingerprint density at radius 2 is 0.727 bits per heavy atom. The van der Waals surface area contributed by atoms with Gasteiger partial charge in [-0.05, 0) is 116 Å². The summed E-state index contributed by atoms with van der Waals surface area (Å²) >= 11 is 0. The van der Waals surface area contributed by atoms with Gasteiger partial charge in [0.05, 0.1) is 0 Å². The van der Waals surface area contributed by atoms with Crippen LogP contribution < -0.4 is 0 Å². The van der Waals surface area contributed by atoms with Crippen molar-refractivity contribution >= 4 is 97.3 Å². The molecule has 0 aliphatic heterocycles. The molecular formula is C54H30O. The Kier molecular flexibility index (Phi) is 5.69. The highest BCUT2D eigenvalue weighted by atomic mass is 16.3. The molecule has 0 unspecified atom stereocenters. The topological polar surface area (TPSA) is 13.1 Å². The van der Waals surface area contributed by atoms with Gasteiger partial charge in [-0.1, -0.05) is 164 Å². The molecule has 0 aliphatic rings. The standard InChI is InChI=1S/C54H30O/c1-2-7-31(8-3-1)39-22-16-36-21-27-45-42(24-18-37-20-26-43(39)51(36)52(37)45)47-29-38(30-48-46-28-15-32-9-4-5-12-41(32)53(46)55-54(47)48)40-23-17-35-14-13-33-10-6-11-34-19-25-44(40)50(35)49(33)34/h1-30H. The number of furan rings is 1. The van der Waals surface area contributed by atoms with Gasteiger partial charge in [0.25, 0.3) is 0 Å². The van der Waals surface area contributed by atoms with Crippen LogP contribution in [0.15, 0.2) is 186 Å². The fourth-order valence-electron chi connectivity index (χ4n) is 9.85. The van der Waals surface area contributed by atoms with E-state index >= 15 is 0 Å². The molecule has 13 rings (SSSR count). The number of rotatable bonds is 3. The van der Waals surface area contributed by atoms with Crippen molar-refractivity contribution in [2.45, 2.75) is 0 Å². The fraction of sp³-hybridized carbons (Fsp3) is 0. The maximum atomic E-state index is 7.09. The average molecular weight is 695 g/mol. The van der Waals surface area contributed by atoms with Crippen molar-refractivity contribution in [3.8, 4) is 33.4 Å². The third kappa shape index (κ3) is 3.97. The van der Waals surface area contributed by atoms with E-state index in [9.17, 15) is 0 Å². The van der Waals surface area contributed by atoms with Crippen LogP contribution in [0.5, 0.6) is 0 Å². The lowest BCUT2D eigenvalue weighted by Gasteiger charge is -2.18. The zero-order chi connectivity index (χ0) is 35.8. The lowest BCUT2D eigenvalue weighted by molar-refractivity contribution is 0.674. The maximum Gasteiger partial charge on any atom is 0.143 e. The highest BCUT2D eigenvalue weighted by Gasteiger charge is 2.22. The van der Waals surface area contributed by atoms with Crippen molar-refractivity contribution in [1.82, 2.24) is 0 Å². The van der Waals surface area contributed by atoms with Gasteiger partial charge in [0, 0.05) is 21.7 Å². The molecule has 1 nitrogen and oxygen atoms in total. The average Bonchev–Trinajstić information content (AvgIpc) is 3.64. The molecule has 0 aliphatic carbocycles. The summed E-state index contributed by atoms with van der Waals surface area (Å²) in [5.41, 5.74) is 9.07. The number of hydrogen-bond acceptors (Lipinski definition) is 1. The van der Waals surface area contributed by atoms with Crippen molar-refractivity contribution in [2.24, 2.45) is 0 Å². The highest BCUT2D eigenvalue weighted by molar-refractivity contribution is 6.30. The summed E-state index contributed by atoms with van der Waals surface area (Å²) < 4.78 is 7.09. The van der Waals surface area contributed by atoms with Gasteiger partial charge in [0.15, 0.2) is 0 Å². The van der Waals surface area contributed by atoms with E-state index in [0.717, 1.165) is 32.9 Å². The van der Waals surface area contributed by atoms with Crippen LogP contribution >= 0.6 is 0 Å². The minimum absolute atomic E-state index is 0.924. The van der Waals surface area contributed by atoms with Gasteiger partial charge >= 0.3 is 0 Å². The van der Waals surface area contributed by atoms with E-state index in [1.165, 1.54) is 97.8 Å². The Balaban J connectivity index is 1.16. The largest absolute Gasteiger partial charge is 0.455 e. The molecule has 0 N–H and O–H groups in total. The molecule has 0 saturated heterocycles. The predicted octanol–water partition coefficient (Wildman–Crippen LogP) is 15.5. The van der Waals surface area contributed by atoms with E-state index in [2.05, 4.69) is 182 Å². The minimum Gasteiger partial charge on any atom is -0.455 e. The van der Waals surface area contributed by atoms with Crippen LogP contribution in [0, 0.1) is 0 Å². The quantitative estimate of drug-likeness (QED) is 0.168. The number of benzene rings is 12. The second-order valence-corrected chi connectivity index (χ2v) is 15.1. The predicted molar refractivity (Wildman–Crippen MR) is 235 cm³/mol. The Morgan fingerprint density at radius 1 is 0.236 bits per heavy atom. The van der Waals surface area contributed by atoms with Gasteiger partial charge < -0.3 is 4.42 Å². The maximum absolute atomic E-state index is 7.09. The van der Waals surface area contributed by atoms with Crippen LogP contribution in [0.4, 0.5) is 0 Å². The summed E-state index contributed by atoms with van der Waals surface area (Å²) in [4.78, 5) is 0. The van der Waals surface area contributed by atoms with E-state index in [-0.39, 0.29) is 0 Å². The first-order chi connectivity index (χ1) is 27.3. The first kappa shape index (κ1) is 29.3. The molecular weight excluding hydrogens is 665 g/mol. The first-order valence-corrected chi connectivity index (χ1v) is 19.1. The van der Waals surface area contributed by atoms with Gasteiger partial charge in [0.1, 0.15) is 11.2 Å². The van der Waals surface area contributed by atoms with Crippen LogP contribution in [-0.2, 0) is 0 Å². The smallest absolute Gasteiger partial charge is 0.143 e. The van der Waals surface area contributed by atoms with E-state index < -0.39 is 0 Å². The Morgan fingerprint density at radius 3 is 1.44 bits per heavy atom. The van der Waals surface area contributed by atoms with E-state index in [0.29, 0.717) is 0 Å². The number of hydrogen-bond donors (Lipinski definition) is 0. The fourth-order valence-corrected chi connectivity index (χ4v) is 9.85. The second kappa shape index (κ2) is 10.7. The minimum atomic E-state index is 0.924.